The van der Waals surface area contributed by atoms with Crippen LogP contribution in [0.5, 0.6) is 0 Å². The van der Waals surface area contributed by atoms with Crippen LogP contribution in [-0.2, 0) is 0 Å². The van der Waals surface area contributed by atoms with Gasteiger partial charge in [0.25, 0.3) is 0 Å². The Balaban J connectivity index is 2.14. The fourth-order valence-electron chi connectivity index (χ4n) is 2.12. The molecule has 0 N–H and O–H groups in total. The first-order chi connectivity index (χ1) is 7.45. The second-order valence-electron chi connectivity index (χ2n) is 3.93. The molecule has 0 unspecified atom stereocenters. The fraction of sp³-hybridized carbons (Fsp3) is 0.308. The lowest BCUT2D eigenvalue weighted by Crippen LogP contribution is -2.06. The van der Waals surface area contributed by atoms with Crippen LogP contribution in [0.1, 0.15) is 24.8 Å². The van der Waals surface area contributed by atoms with E-state index in [0.717, 1.165) is 13.0 Å². The summed E-state index contributed by atoms with van der Waals surface area (Å²) in [6.07, 6.45) is 3.70. The highest BCUT2D eigenvalue weighted by Crippen LogP contribution is 2.28. The van der Waals surface area contributed by atoms with Crippen LogP contribution >= 0.6 is 11.3 Å². The van der Waals surface area contributed by atoms with Crippen molar-refractivity contribution in [3.05, 3.63) is 35.2 Å². The number of nitrogens with zero attached hydrogens (tertiary/aromatic N) is 1. The first-order valence-corrected chi connectivity index (χ1v) is 6.33. The minimum atomic E-state index is 1.01. The molecule has 0 saturated heterocycles. The van der Waals surface area contributed by atoms with Gasteiger partial charge in [-0.3, -0.25) is 4.99 Å². The Labute approximate surface area is 93.5 Å². The van der Waals surface area contributed by atoms with Gasteiger partial charge in [0, 0.05) is 33.3 Å². The molecule has 1 aliphatic heterocycles. The van der Waals surface area contributed by atoms with Gasteiger partial charge in [0.2, 0.25) is 0 Å². The number of benzene rings is 1. The summed E-state index contributed by atoms with van der Waals surface area (Å²) in [7, 11) is 0. The van der Waals surface area contributed by atoms with Crippen molar-refractivity contribution in [3.8, 4) is 0 Å². The fourth-order valence-corrected chi connectivity index (χ4v) is 3.09. The first-order valence-electron chi connectivity index (χ1n) is 5.45. The van der Waals surface area contributed by atoms with E-state index in [-0.39, 0.29) is 0 Å². The minimum absolute atomic E-state index is 1.01. The summed E-state index contributed by atoms with van der Waals surface area (Å²) in [4.78, 5) is 4.65. The first kappa shape index (κ1) is 9.10. The van der Waals surface area contributed by atoms with E-state index in [4.69, 9.17) is 0 Å². The standard InChI is InChI=1S/C13H13NS/c1-2-7-13-10(5-1)11(9-15-13)12-6-3-4-8-14-12/h1-2,5,7,9H,3-4,6,8H2. The van der Waals surface area contributed by atoms with Crippen LogP contribution in [-0.4, -0.2) is 12.3 Å². The third-order valence-electron chi connectivity index (χ3n) is 2.92. The summed E-state index contributed by atoms with van der Waals surface area (Å²) in [6.45, 7) is 1.01. The number of hydrogen-bond donors (Lipinski definition) is 0. The lowest BCUT2D eigenvalue weighted by Gasteiger charge is -2.10. The van der Waals surface area contributed by atoms with Gasteiger partial charge in [-0.25, -0.2) is 0 Å². The van der Waals surface area contributed by atoms with Crippen LogP contribution in [0.15, 0.2) is 34.6 Å². The highest BCUT2D eigenvalue weighted by molar-refractivity contribution is 7.17. The normalized spacial score (nSPS) is 16.7. The number of rotatable bonds is 1. The monoisotopic (exact) mass is 215 g/mol. The van der Waals surface area contributed by atoms with Crippen molar-refractivity contribution in [3.63, 3.8) is 0 Å². The maximum Gasteiger partial charge on any atom is 0.0435 e. The van der Waals surface area contributed by atoms with E-state index in [1.54, 1.807) is 0 Å². The molecule has 0 fully saturated rings. The second-order valence-corrected chi connectivity index (χ2v) is 4.84. The van der Waals surface area contributed by atoms with Crippen LogP contribution < -0.4 is 0 Å². The molecule has 1 aromatic carbocycles. The average Bonchev–Trinajstić information content (AvgIpc) is 2.74. The highest BCUT2D eigenvalue weighted by atomic mass is 32.1. The Morgan fingerprint density at radius 3 is 2.93 bits per heavy atom. The van der Waals surface area contributed by atoms with Gasteiger partial charge in [0.05, 0.1) is 0 Å². The molecular weight excluding hydrogens is 202 g/mol. The number of aliphatic imine (C=N–C) groups is 1. The smallest absolute Gasteiger partial charge is 0.0435 e. The number of thiophene rings is 1. The van der Waals surface area contributed by atoms with Crippen molar-refractivity contribution in [1.29, 1.82) is 0 Å². The van der Waals surface area contributed by atoms with Gasteiger partial charge < -0.3 is 0 Å². The summed E-state index contributed by atoms with van der Waals surface area (Å²) in [5.74, 6) is 0. The van der Waals surface area contributed by atoms with Crippen LogP contribution in [0.3, 0.4) is 0 Å². The van der Waals surface area contributed by atoms with Crippen molar-refractivity contribution < 1.29 is 0 Å². The maximum atomic E-state index is 4.65. The molecule has 0 aliphatic carbocycles. The Morgan fingerprint density at radius 1 is 1.13 bits per heavy atom. The van der Waals surface area contributed by atoms with E-state index in [2.05, 4.69) is 34.6 Å². The van der Waals surface area contributed by atoms with E-state index in [1.165, 1.54) is 34.2 Å². The van der Waals surface area contributed by atoms with Crippen molar-refractivity contribution in [2.45, 2.75) is 19.3 Å². The van der Waals surface area contributed by atoms with Crippen molar-refractivity contribution in [2.75, 3.05) is 6.54 Å². The van der Waals surface area contributed by atoms with Crippen LogP contribution in [0.25, 0.3) is 10.1 Å². The molecular formula is C13H13NS. The Hall–Kier alpha value is -1.15. The van der Waals surface area contributed by atoms with E-state index in [0.29, 0.717) is 0 Å². The van der Waals surface area contributed by atoms with Gasteiger partial charge in [-0.15, -0.1) is 11.3 Å². The SMILES string of the molecule is c1ccc2c(C3=NCCCC3)csc2c1. The van der Waals surface area contributed by atoms with Gasteiger partial charge in [-0.2, -0.15) is 0 Å². The van der Waals surface area contributed by atoms with E-state index in [1.807, 2.05) is 11.3 Å². The van der Waals surface area contributed by atoms with Crippen molar-refractivity contribution in [2.24, 2.45) is 4.99 Å². The molecule has 2 aromatic rings. The molecule has 3 rings (SSSR count). The maximum absolute atomic E-state index is 4.65. The number of hydrogen-bond acceptors (Lipinski definition) is 2. The third-order valence-corrected chi connectivity index (χ3v) is 3.88. The van der Waals surface area contributed by atoms with Gasteiger partial charge >= 0.3 is 0 Å². The zero-order valence-corrected chi connectivity index (χ0v) is 9.39. The highest BCUT2D eigenvalue weighted by Gasteiger charge is 2.11. The topological polar surface area (TPSA) is 12.4 Å². The Bertz CT molecular complexity index is 510. The largest absolute Gasteiger partial charge is 0.289 e. The van der Waals surface area contributed by atoms with Gasteiger partial charge in [-0.05, 0) is 25.3 Å². The lowest BCUT2D eigenvalue weighted by atomic mass is 10.0. The van der Waals surface area contributed by atoms with Crippen molar-refractivity contribution in [1.82, 2.24) is 0 Å². The summed E-state index contributed by atoms with van der Waals surface area (Å²) in [5, 5.41) is 3.64. The zero-order chi connectivity index (χ0) is 10.1. The molecule has 15 heavy (non-hydrogen) atoms. The predicted octanol–water partition coefficient (Wildman–Crippen LogP) is 3.87. The van der Waals surface area contributed by atoms with Crippen LogP contribution in [0.4, 0.5) is 0 Å². The van der Waals surface area contributed by atoms with E-state index < -0.39 is 0 Å². The Kier molecular flexibility index (Phi) is 2.29. The molecule has 0 bridgehead atoms. The van der Waals surface area contributed by atoms with Gasteiger partial charge in [0.15, 0.2) is 0 Å². The Morgan fingerprint density at radius 2 is 2.07 bits per heavy atom. The molecule has 2 heterocycles. The molecule has 0 amide bonds. The average molecular weight is 215 g/mol. The third kappa shape index (κ3) is 1.59. The summed E-state index contributed by atoms with van der Waals surface area (Å²) < 4.78 is 1.38. The quantitative estimate of drug-likeness (QED) is 0.684. The summed E-state index contributed by atoms with van der Waals surface area (Å²) in [6, 6.07) is 8.61. The lowest BCUT2D eigenvalue weighted by molar-refractivity contribution is 0.739. The molecule has 0 atom stereocenters. The van der Waals surface area contributed by atoms with E-state index >= 15 is 0 Å². The number of fused-ring (bicyclic) bond motifs is 1. The van der Waals surface area contributed by atoms with Gasteiger partial charge in [0.1, 0.15) is 0 Å². The minimum Gasteiger partial charge on any atom is -0.289 e. The molecule has 0 saturated carbocycles. The summed E-state index contributed by atoms with van der Waals surface area (Å²) >= 11 is 1.83. The summed E-state index contributed by atoms with van der Waals surface area (Å²) in [5.41, 5.74) is 2.69. The molecule has 0 spiro atoms. The molecule has 0 radical (unpaired) electrons. The molecule has 76 valence electrons. The molecule has 1 aliphatic rings. The molecule has 1 aromatic heterocycles. The van der Waals surface area contributed by atoms with Crippen molar-refractivity contribution >= 4 is 27.1 Å². The zero-order valence-electron chi connectivity index (χ0n) is 8.57. The molecule has 2 heteroatoms. The predicted molar refractivity (Wildman–Crippen MR) is 67.1 cm³/mol. The van der Waals surface area contributed by atoms with Gasteiger partial charge in [-0.1, -0.05) is 18.2 Å². The second kappa shape index (κ2) is 3.78. The van der Waals surface area contributed by atoms with Crippen LogP contribution in [0.2, 0.25) is 0 Å². The van der Waals surface area contributed by atoms with Crippen LogP contribution in [0, 0.1) is 0 Å². The van der Waals surface area contributed by atoms with E-state index in [9.17, 15) is 0 Å². The molecule has 1 nitrogen and oxygen atoms in total.